The Morgan fingerprint density at radius 2 is 1.86 bits per heavy atom. The van der Waals surface area contributed by atoms with Gasteiger partial charge < -0.3 is 19.9 Å². The summed E-state index contributed by atoms with van der Waals surface area (Å²) in [5.74, 6) is -0.329. The summed E-state index contributed by atoms with van der Waals surface area (Å²) in [6.45, 7) is 2.70. The van der Waals surface area contributed by atoms with Crippen molar-refractivity contribution in [2.45, 2.75) is 32.1 Å². The molecule has 0 saturated heterocycles. The van der Waals surface area contributed by atoms with Crippen LogP contribution in [0, 0.1) is 17.1 Å². The molecule has 1 aliphatic rings. The fourth-order valence-electron chi connectivity index (χ4n) is 3.96. The van der Waals surface area contributed by atoms with Gasteiger partial charge in [0.05, 0.1) is 18.1 Å². The second-order valence-corrected chi connectivity index (χ2v) is 8.11. The Morgan fingerprint density at radius 1 is 1.09 bits per heavy atom. The minimum absolute atomic E-state index is 0.0206. The molecule has 0 bridgehead atoms. The normalized spacial score (nSPS) is 14.5. The van der Waals surface area contributed by atoms with Crippen LogP contribution in [0.4, 0.5) is 4.39 Å². The number of benzene rings is 3. The summed E-state index contributed by atoms with van der Waals surface area (Å²) < 4.78 is 30.4. The third kappa shape index (κ3) is 5.28. The lowest BCUT2D eigenvalue weighted by Gasteiger charge is -2.28. The number of halogens is 1. The first-order chi connectivity index (χ1) is 17.0. The molecule has 2 N–H and O–H groups in total. The maximum absolute atomic E-state index is 13.2. The number of fused-ring (bicyclic) bond motifs is 1. The third-order valence-corrected chi connectivity index (χ3v) is 5.72. The summed E-state index contributed by atoms with van der Waals surface area (Å²) in [7, 11) is 0. The highest BCUT2D eigenvalue weighted by molar-refractivity contribution is 5.91. The summed E-state index contributed by atoms with van der Waals surface area (Å²) in [4.78, 5) is 12.5. The third-order valence-electron chi connectivity index (χ3n) is 5.72. The van der Waals surface area contributed by atoms with E-state index < -0.39 is 17.7 Å². The zero-order valence-electron chi connectivity index (χ0n) is 19.3. The number of ether oxygens (including phenoxy) is 3. The zero-order valence-corrected chi connectivity index (χ0v) is 19.3. The number of carbonyl (C=O) groups is 1. The molecular weight excluding hydrogens is 447 g/mol. The van der Waals surface area contributed by atoms with Crippen molar-refractivity contribution in [3.63, 3.8) is 0 Å². The van der Waals surface area contributed by atoms with Crippen molar-refractivity contribution in [1.82, 2.24) is 0 Å². The fourth-order valence-corrected chi connectivity index (χ4v) is 3.96. The highest BCUT2D eigenvalue weighted by atomic mass is 19.1. The number of esters is 1. The molecule has 3 aromatic rings. The van der Waals surface area contributed by atoms with Crippen LogP contribution in [-0.2, 0) is 0 Å². The van der Waals surface area contributed by atoms with Gasteiger partial charge in [-0.2, -0.15) is 5.26 Å². The number of allylic oxidation sites excluding steroid dienone is 1. The minimum atomic E-state index is -0.635. The molecular formula is C28H25FN2O4. The van der Waals surface area contributed by atoms with Gasteiger partial charge in [-0.05, 0) is 42.8 Å². The van der Waals surface area contributed by atoms with Crippen LogP contribution in [0.25, 0.3) is 0 Å². The van der Waals surface area contributed by atoms with Gasteiger partial charge in [0, 0.05) is 17.2 Å². The molecule has 1 atom stereocenters. The molecule has 0 saturated carbocycles. The molecule has 178 valence electrons. The van der Waals surface area contributed by atoms with Gasteiger partial charge in [-0.15, -0.1) is 0 Å². The first-order valence-electron chi connectivity index (χ1n) is 11.4. The molecule has 35 heavy (non-hydrogen) atoms. The number of rotatable bonds is 8. The molecule has 6 nitrogen and oxygen atoms in total. The van der Waals surface area contributed by atoms with E-state index in [1.165, 1.54) is 24.3 Å². The topological polar surface area (TPSA) is 94.6 Å². The molecule has 0 radical (unpaired) electrons. The van der Waals surface area contributed by atoms with Gasteiger partial charge in [-0.1, -0.05) is 44.0 Å². The smallest absolute Gasteiger partial charge is 0.343 e. The Morgan fingerprint density at radius 3 is 2.60 bits per heavy atom. The average molecular weight is 473 g/mol. The van der Waals surface area contributed by atoms with Crippen LogP contribution < -0.4 is 19.9 Å². The van der Waals surface area contributed by atoms with E-state index in [1.807, 2.05) is 24.3 Å². The van der Waals surface area contributed by atoms with Gasteiger partial charge in [0.15, 0.2) is 0 Å². The first-order valence-corrected chi connectivity index (χ1v) is 11.4. The Labute approximate surface area is 203 Å². The van der Waals surface area contributed by atoms with Crippen molar-refractivity contribution >= 4 is 5.97 Å². The zero-order chi connectivity index (χ0) is 24.8. The van der Waals surface area contributed by atoms with Gasteiger partial charge in [0.25, 0.3) is 0 Å². The number of nitrogens with zero attached hydrogens (tertiary/aromatic N) is 1. The Balaban J connectivity index is 1.65. The van der Waals surface area contributed by atoms with Crippen molar-refractivity contribution in [3.05, 3.63) is 101 Å². The van der Waals surface area contributed by atoms with Crippen LogP contribution in [0.15, 0.2) is 78.2 Å². The van der Waals surface area contributed by atoms with Crippen molar-refractivity contribution in [2.24, 2.45) is 5.73 Å². The molecule has 0 amide bonds. The number of nitrogens with two attached hydrogens (primary N) is 1. The van der Waals surface area contributed by atoms with E-state index in [0.29, 0.717) is 23.7 Å². The van der Waals surface area contributed by atoms with Gasteiger partial charge in [0.2, 0.25) is 5.88 Å². The van der Waals surface area contributed by atoms with Crippen LogP contribution in [-0.4, -0.2) is 12.6 Å². The van der Waals surface area contributed by atoms with E-state index in [0.717, 1.165) is 24.8 Å². The standard InChI is InChI=1S/C28H25FN2O4/c1-2-3-6-15-33-24-8-5-4-7-21(24)26-22-14-13-20(16-25(22)35-27(31)23(26)17-30)34-28(32)18-9-11-19(29)12-10-18/h4-5,7-14,16,26H,2-3,6,15,31H2,1H3. The molecule has 1 heterocycles. The SMILES string of the molecule is CCCCCOc1ccccc1C1C(C#N)=C(N)Oc2cc(OC(=O)c3ccc(F)cc3)ccc21. The Bertz CT molecular complexity index is 1300. The second-order valence-electron chi connectivity index (χ2n) is 8.11. The molecule has 3 aromatic carbocycles. The molecule has 1 aliphatic heterocycles. The summed E-state index contributed by atoms with van der Waals surface area (Å²) >= 11 is 0. The van der Waals surface area contributed by atoms with Crippen molar-refractivity contribution in [2.75, 3.05) is 6.61 Å². The van der Waals surface area contributed by atoms with Crippen LogP contribution in [0.5, 0.6) is 17.2 Å². The van der Waals surface area contributed by atoms with E-state index in [-0.39, 0.29) is 22.8 Å². The molecule has 0 aromatic heterocycles. The average Bonchev–Trinajstić information content (AvgIpc) is 2.86. The van der Waals surface area contributed by atoms with E-state index in [1.54, 1.807) is 18.2 Å². The molecule has 1 unspecified atom stereocenters. The van der Waals surface area contributed by atoms with Crippen molar-refractivity contribution in [3.8, 4) is 23.3 Å². The predicted octanol–water partition coefficient (Wildman–Crippen LogP) is 5.83. The number of carbonyl (C=O) groups excluding carboxylic acids is 1. The Kier molecular flexibility index (Phi) is 7.32. The molecule has 4 rings (SSSR count). The summed E-state index contributed by atoms with van der Waals surface area (Å²) in [6, 6.07) is 19.7. The first kappa shape index (κ1) is 23.8. The van der Waals surface area contributed by atoms with Gasteiger partial charge in [-0.25, -0.2) is 9.18 Å². The summed E-state index contributed by atoms with van der Waals surface area (Å²) in [5.41, 5.74) is 8.11. The number of unbranched alkanes of at least 4 members (excludes halogenated alkanes) is 2. The van der Waals surface area contributed by atoms with E-state index in [4.69, 9.17) is 19.9 Å². The molecule has 0 spiro atoms. The summed E-state index contributed by atoms with van der Waals surface area (Å²) in [5, 5.41) is 9.87. The number of para-hydroxylation sites is 1. The highest BCUT2D eigenvalue weighted by Crippen LogP contribution is 2.45. The number of nitriles is 1. The predicted molar refractivity (Wildman–Crippen MR) is 129 cm³/mol. The van der Waals surface area contributed by atoms with E-state index in [9.17, 15) is 14.4 Å². The van der Waals surface area contributed by atoms with E-state index in [2.05, 4.69) is 13.0 Å². The van der Waals surface area contributed by atoms with Crippen LogP contribution >= 0.6 is 0 Å². The monoisotopic (exact) mass is 472 g/mol. The number of hydrogen-bond acceptors (Lipinski definition) is 6. The molecule has 7 heteroatoms. The molecule has 0 fully saturated rings. The second kappa shape index (κ2) is 10.7. The lowest BCUT2D eigenvalue weighted by molar-refractivity contribution is 0.0734. The van der Waals surface area contributed by atoms with Gasteiger partial charge in [0.1, 0.15) is 34.7 Å². The largest absolute Gasteiger partial charge is 0.493 e. The maximum Gasteiger partial charge on any atom is 0.343 e. The van der Waals surface area contributed by atoms with Gasteiger partial charge >= 0.3 is 5.97 Å². The number of hydrogen-bond donors (Lipinski definition) is 1. The van der Waals surface area contributed by atoms with Crippen LogP contribution in [0.2, 0.25) is 0 Å². The van der Waals surface area contributed by atoms with Gasteiger partial charge in [-0.3, -0.25) is 0 Å². The van der Waals surface area contributed by atoms with Crippen LogP contribution in [0.1, 0.15) is 53.6 Å². The van der Waals surface area contributed by atoms with Crippen LogP contribution in [0.3, 0.4) is 0 Å². The van der Waals surface area contributed by atoms with Crippen molar-refractivity contribution in [1.29, 1.82) is 5.26 Å². The maximum atomic E-state index is 13.2. The minimum Gasteiger partial charge on any atom is -0.493 e. The summed E-state index contributed by atoms with van der Waals surface area (Å²) in [6.07, 6.45) is 3.09. The van der Waals surface area contributed by atoms with Crippen molar-refractivity contribution < 1.29 is 23.4 Å². The molecule has 0 aliphatic carbocycles. The fraction of sp³-hybridized carbons (Fsp3) is 0.214. The highest BCUT2D eigenvalue weighted by Gasteiger charge is 2.33. The lowest BCUT2D eigenvalue weighted by atomic mass is 9.83. The van der Waals surface area contributed by atoms with E-state index >= 15 is 0 Å². The quantitative estimate of drug-likeness (QED) is 0.252. The lowest BCUT2D eigenvalue weighted by Crippen LogP contribution is -2.21. The Hall–Kier alpha value is -4.31.